The Morgan fingerprint density at radius 1 is 1.12 bits per heavy atom. The fourth-order valence-corrected chi connectivity index (χ4v) is 3.12. The van der Waals surface area contributed by atoms with E-state index in [9.17, 15) is 18.0 Å². The first-order valence-corrected chi connectivity index (χ1v) is 8.64. The maximum absolute atomic E-state index is 12.5. The Hall–Kier alpha value is -3.07. The molecule has 0 aliphatic rings. The Bertz CT molecular complexity index is 896. The quantitative estimate of drug-likeness (QED) is 0.667. The third-order valence-corrected chi connectivity index (χ3v) is 4.54. The Morgan fingerprint density at radius 2 is 1.84 bits per heavy atom. The lowest BCUT2D eigenvalue weighted by atomic mass is 10.2. The molecular formula is C16H17N3O5S. The zero-order chi connectivity index (χ0) is 18.4. The number of carbonyl (C=O) groups is 2. The maximum Gasteiger partial charge on any atom is 0.262 e. The Labute approximate surface area is 145 Å². The highest BCUT2D eigenvalue weighted by molar-refractivity contribution is 7.92. The Kier molecular flexibility index (Phi) is 5.60. The monoisotopic (exact) mass is 363 g/mol. The van der Waals surface area contributed by atoms with E-state index in [2.05, 4.69) is 10.0 Å². The predicted octanol–water partition coefficient (Wildman–Crippen LogP) is 0.711. The van der Waals surface area contributed by atoms with Crippen LogP contribution in [0.25, 0.3) is 0 Å². The van der Waals surface area contributed by atoms with Crippen LogP contribution in [0.1, 0.15) is 10.4 Å². The summed E-state index contributed by atoms with van der Waals surface area (Å²) in [7, 11) is -2.51. The lowest BCUT2D eigenvalue weighted by molar-refractivity contribution is -0.117. The van der Waals surface area contributed by atoms with Crippen LogP contribution in [-0.2, 0) is 14.8 Å². The molecule has 25 heavy (non-hydrogen) atoms. The van der Waals surface area contributed by atoms with Crippen LogP contribution in [0.2, 0.25) is 0 Å². The average molecular weight is 363 g/mol. The van der Waals surface area contributed by atoms with E-state index in [1.54, 1.807) is 24.3 Å². The highest BCUT2D eigenvalue weighted by Gasteiger charge is 2.18. The first-order chi connectivity index (χ1) is 11.8. The number of anilines is 1. The average Bonchev–Trinajstić information content (AvgIpc) is 2.60. The van der Waals surface area contributed by atoms with Crippen molar-refractivity contribution >= 4 is 27.5 Å². The van der Waals surface area contributed by atoms with Crippen molar-refractivity contribution in [1.82, 2.24) is 5.32 Å². The lowest BCUT2D eigenvalue weighted by Gasteiger charge is -2.12. The van der Waals surface area contributed by atoms with Gasteiger partial charge in [0.05, 0.1) is 24.2 Å². The molecule has 9 heteroatoms. The van der Waals surface area contributed by atoms with Crippen molar-refractivity contribution in [3.63, 3.8) is 0 Å². The fourth-order valence-electron chi connectivity index (χ4n) is 2.01. The van der Waals surface area contributed by atoms with Gasteiger partial charge in [-0.25, -0.2) is 8.42 Å². The summed E-state index contributed by atoms with van der Waals surface area (Å²) in [6, 6.07) is 11.9. The van der Waals surface area contributed by atoms with Crippen LogP contribution in [0.4, 0.5) is 5.69 Å². The number of rotatable bonds is 7. The van der Waals surface area contributed by atoms with E-state index in [-0.39, 0.29) is 22.7 Å². The number of sulfonamides is 1. The number of primary amides is 1. The molecule has 2 rings (SSSR count). The molecule has 8 nitrogen and oxygen atoms in total. The van der Waals surface area contributed by atoms with Gasteiger partial charge in [-0.2, -0.15) is 0 Å². The van der Waals surface area contributed by atoms with Crippen molar-refractivity contribution in [1.29, 1.82) is 0 Å². The number of carbonyl (C=O) groups excluding carboxylic acids is 2. The molecular weight excluding hydrogens is 346 g/mol. The molecule has 0 radical (unpaired) electrons. The van der Waals surface area contributed by atoms with Crippen LogP contribution in [0.15, 0.2) is 53.4 Å². The van der Waals surface area contributed by atoms with Crippen molar-refractivity contribution in [3.05, 3.63) is 54.1 Å². The molecule has 0 spiro atoms. The second-order valence-electron chi connectivity index (χ2n) is 4.98. The van der Waals surface area contributed by atoms with Gasteiger partial charge < -0.3 is 15.8 Å². The van der Waals surface area contributed by atoms with Gasteiger partial charge >= 0.3 is 0 Å². The van der Waals surface area contributed by atoms with Crippen molar-refractivity contribution in [2.75, 3.05) is 18.4 Å². The molecule has 0 fully saturated rings. The zero-order valence-electron chi connectivity index (χ0n) is 13.4. The van der Waals surface area contributed by atoms with Crippen LogP contribution in [-0.4, -0.2) is 33.9 Å². The number of nitrogens with one attached hydrogen (secondary N) is 2. The minimum absolute atomic E-state index is 0.0872. The number of para-hydroxylation sites is 2. The third kappa shape index (κ3) is 4.70. The van der Waals surface area contributed by atoms with Gasteiger partial charge in [-0.1, -0.05) is 18.2 Å². The molecule has 0 aliphatic carbocycles. The van der Waals surface area contributed by atoms with Crippen LogP contribution in [0.3, 0.4) is 0 Å². The Balaban J connectivity index is 2.26. The molecule has 132 valence electrons. The van der Waals surface area contributed by atoms with E-state index in [4.69, 9.17) is 10.5 Å². The van der Waals surface area contributed by atoms with Gasteiger partial charge in [-0.15, -0.1) is 0 Å². The standard InChI is InChI=1S/C16H17N3O5S/c1-24-14-8-3-2-7-13(14)19-25(22,23)12-6-4-5-11(9-12)16(21)18-10-15(17)20/h2-9,19H,10H2,1H3,(H2,17,20)(H,18,21). The molecule has 2 aromatic rings. The molecule has 0 unspecified atom stereocenters. The highest BCUT2D eigenvalue weighted by Crippen LogP contribution is 2.26. The second-order valence-corrected chi connectivity index (χ2v) is 6.67. The van der Waals surface area contributed by atoms with E-state index >= 15 is 0 Å². The van der Waals surface area contributed by atoms with Gasteiger partial charge in [0.25, 0.3) is 15.9 Å². The van der Waals surface area contributed by atoms with Gasteiger partial charge in [0, 0.05) is 5.56 Å². The molecule has 2 aromatic carbocycles. The number of methoxy groups -OCH3 is 1. The van der Waals surface area contributed by atoms with Crippen molar-refractivity contribution in [3.8, 4) is 5.75 Å². The zero-order valence-corrected chi connectivity index (χ0v) is 14.2. The molecule has 0 heterocycles. The SMILES string of the molecule is COc1ccccc1NS(=O)(=O)c1cccc(C(=O)NCC(N)=O)c1. The molecule has 0 aromatic heterocycles. The van der Waals surface area contributed by atoms with Gasteiger partial charge in [-0.05, 0) is 30.3 Å². The summed E-state index contributed by atoms with van der Waals surface area (Å²) in [6.07, 6.45) is 0. The predicted molar refractivity (Wildman–Crippen MR) is 91.8 cm³/mol. The first kappa shape index (κ1) is 18.3. The summed E-state index contributed by atoms with van der Waals surface area (Å²) >= 11 is 0. The number of amides is 2. The minimum atomic E-state index is -3.93. The molecule has 0 atom stereocenters. The molecule has 4 N–H and O–H groups in total. The highest BCUT2D eigenvalue weighted by atomic mass is 32.2. The van der Waals surface area contributed by atoms with E-state index in [1.807, 2.05) is 0 Å². The first-order valence-electron chi connectivity index (χ1n) is 7.16. The van der Waals surface area contributed by atoms with E-state index in [0.29, 0.717) is 5.75 Å². The third-order valence-electron chi connectivity index (χ3n) is 3.18. The van der Waals surface area contributed by atoms with Gasteiger partial charge in [-0.3, -0.25) is 14.3 Å². The van der Waals surface area contributed by atoms with Crippen molar-refractivity contribution in [2.45, 2.75) is 4.90 Å². The summed E-state index contributed by atoms with van der Waals surface area (Å²) < 4.78 is 32.6. The molecule has 0 bridgehead atoms. The van der Waals surface area contributed by atoms with Crippen LogP contribution < -0.4 is 20.5 Å². The molecule has 0 saturated carbocycles. The molecule has 2 amide bonds. The number of ether oxygens (including phenoxy) is 1. The van der Waals surface area contributed by atoms with Gasteiger partial charge in [0.15, 0.2) is 0 Å². The summed E-state index contributed by atoms with van der Waals surface area (Å²) in [5.41, 5.74) is 5.32. The summed E-state index contributed by atoms with van der Waals surface area (Å²) in [5, 5.41) is 2.30. The Morgan fingerprint density at radius 3 is 2.52 bits per heavy atom. The molecule has 0 aliphatic heterocycles. The number of benzene rings is 2. The van der Waals surface area contributed by atoms with Crippen LogP contribution in [0, 0.1) is 0 Å². The minimum Gasteiger partial charge on any atom is -0.495 e. The lowest BCUT2D eigenvalue weighted by Crippen LogP contribution is -2.33. The summed E-state index contributed by atoms with van der Waals surface area (Å²) in [4.78, 5) is 22.5. The second kappa shape index (κ2) is 7.67. The topological polar surface area (TPSA) is 128 Å². The summed E-state index contributed by atoms with van der Waals surface area (Å²) in [5.74, 6) is -0.940. The van der Waals surface area contributed by atoms with Crippen molar-refractivity contribution < 1.29 is 22.7 Å². The fraction of sp³-hybridized carbons (Fsp3) is 0.125. The van der Waals surface area contributed by atoms with E-state index in [0.717, 1.165) is 0 Å². The maximum atomic E-state index is 12.5. The van der Waals surface area contributed by atoms with Crippen LogP contribution >= 0.6 is 0 Å². The number of nitrogens with two attached hydrogens (primary N) is 1. The van der Waals surface area contributed by atoms with Crippen LogP contribution in [0.5, 0.6) is 5.75 Å². The summed E-state index contributed by atoms with van der Waals surface area (Å²) in [6.45, 7) is -0.338. The van der Waals surface area contributed by atoms with Gasteiger partial charge in [0.1, 0.15) is 5.75 Å². The van der Waals surface area contributed by atoms with E-state index in [1.165, 1.54) is 31.4 Å². The van der Waals surface area contributed by atoms with Gasteiger partial charge in [0.2, 0.25) is 5.91 Å². The van der Waals surface area contributed by atoms with Crippen molar-refractivity contribution in [2.24, 2.45) is 5.73 Å². The largest absolute Gasteiger partial charge is 0.495 e. The smallest absolute Gasteiger partial charge is 0.262 e. The molecule has 0 saturated heterocycles. The number of hydrogen-bond acceptors (Lipinski definition) is 5. The van der Waals surface area contributed by atoms with E-state index < -0.39 is 21.8 Å². The number of hydrogen-bond donors (Lipinski definition) is 3. The normalized spacial score (nSPS) is 10.8.